The normalized spacial score (nSPS) is 11.8. The second-order valence-corrected chi connectivity index (χ2v) is 8.26. The fourth-order valence-corrected chi connectivity index (χ4v) is 3.65. The number of unbranched alkanes of at least 4 members (excludes halogenated alkanes) is 1. The molecular weight excluding hydrogens is 419 g/mol. The monoisotopic (exact) mass is 448 g/mol. The molecule has 0 bridgehead atoms. The molecule has 0 radical (unpaired) electrons. The van der Waals surface area contributed by atoms with Gasteiger partial charge in [0, 0.05) is 13.1 Å². The number of aryl methyl sites for hydroxylation is 1. The van der Waals surface area contributed by atoms with Crippen molar-refractivity contribution in [2.45, 2.75) is 59.0 Å². The van der Waals surface area contributed by atoms with E-state index in [0.717, 1.165) is 29.5 Å². The Hall–Kier alpha value is -2.04. The van der Waals surface area contributed by atoms with E-state index in [9.17, 15) is 9.59 Å². The molecule has 0 saturated heterocycles. The number of halogens is 2. The zero-order valence-electron chi connectivity index (χ0n) is 17.9. The number of carbonyl (C=O) groups is 2. The van der Waals surface area contributed by atoms with Crippen LogP contribution < -0.4 is 5.32 Å². The quantitative estimate of drug-likeness (QED) is 0.483. The summed E-state index contributed by atoms with van der Waals surface area (Å²) in [5.74, 6) is -0.211. The van der Waals surface area contributed by atoms with Gasteiger partial charge in [0.1, 0.15) is 6.04 Å². The van der Waals surface area contributed by atoms with Crippen molar-refractivity contribution in [2.24, 2.45) is 0 Å². The van der Waals surface area contributed by atoms with E-state index < -0.39 is 6.04 Å². The number of nitrogens with one attached hydrogen (secondary N) is 1. The molecule has 4 nitrogen and oxygen atoms in total. The van der Waals surface area contributed by atoms with Crippen LogP contribution in [-0.4, -0.2) is 29.3 Å². The Bertz CT molecular complexity index is 870. The van der Waals surface area contributed by atoms with Gasteiger partial charge >= 0.3 is 0 Å². The first-order valence-corrected chi connectivity index (χ1v) is 11.2. The maximum absolute atomic E-state index is 13.3. The lowest BCUT2D eigenvalue weighted by Crippen LogP contribution is -2.49. The Morgan fingerprint density at radius 2 is 1.80 bits per heavy atom. The van der Waals surface area contributed by atoms with Crippen LogP contribution in [0.2, 0.25) is 10.0 Å². The number of nitrogens with zero attached hydrogens (tertiary/aromatic N) is 1. The van der Waals surface area contributed by atoms with Gasteiger partial charge in [-0.3, -0.25) is 9.59 Å². The number of hydrogen-bond acceptors (Lipinski definition) is 2. The number of amides is 2. The summed E-state index contributed by atoms with van der Waals surface area (Å²) in [6, 6.07) is 12.6. The van der Waals surface area contributed by atoms with Crippen molar-refractivity contribution in [3.05, 3.63) is 69.2 Å². The molecule has 0 aromatic heterocycles. The Morgan fingerprint density at radius 1 is 1.07 bits per heavy atom. The average Bonchev–Trinajstić information content (AvgIpc) is 2.72. The van der Waals surface area contributed by atoms with Crippen molar-refractivity contribution in [3.63, 3.8) is 0 Å². The molecule has 1 atom stereocenters. The fourth-order valence-electron chi connectivity index (χ4n) is 3.33. The van der Waals surface area contributed by atoms with E-state index in [1.165, 1.54) is 0 Å². The first kappa shape index (κ1) is 24.2. The Labute approximate surface area is 189 Å². The highest BCUT2D eigenvalue weighted by Gasteiger charge is 2.28. The average molecular weight is 449 g/mol. The van der Waals surface area contributed by atoms with Crippen molar-refractivity contribution in [1.82, 2.24) is 10.2 Å². The van der Waals surface area contributed by atoms with Gasteiger partial charge in [0.15, 0.2) is 0 Å². The third kappa shape index (κ3) is 6.75. The molecule has 30 heavy (non-hydrogen) atoms. The molecule has 0 fully saturated rings. The summed E-state index contributed by atoms with van der Waals surface area (Å²) in [5.41, 5.74) is 2.85. The maximum atomic E-state index is 13.3. The van der Waals surface area contributed by atoms with Crippen molar-refractivity contribution < 1.29 is 9.59 Å². The number of rotatable bonds is 10. The molecule has 0 aliphatic carbocycles. The van der Waals surface area contributed by atoms with Gasteiger partial charge in [0.05, 0.1) is 16.5 Å². The molecule has 6 heteroatoms. The SMILES string of the molecule is CCCCNC(=O)C(CC)N(Cc1ccc(Cl)c(Cl)c1)C(=O)Cc1ccccc1C. The maximum Gasteiger partial charge on any atom is 0.242 e. The van der Waals surface area contributed by atoms with E-state index >= 15 is 0 Å². The molecule has 1 N–H and O–H groups in total. The molecule has 2 rings (SSSR count). The summed E-state index contributed by atoms with van der Waals surface area (Å²) >= 11 is 12.2. The second-order valence-electron chi connectivity index (χ2n) is 7.44. The number of carbonyl (C=O) groups excluding carboxylic acids is 2. The molecule has 0 heterocycles. The Balaban J connectivity index is 2.29. The smallest absolute Gasteiger partial charge is 0.242 e. The van der Waals surface area contributed by atoms with Crippen LogP contribution in [0.5, 0.6) is 0 Å². The number of hydrogen-bond donors (Lipinski definition) is 1. The summed E-state index contributed by atoms with van der Waals surface area (Å²) in [5, 5.41) is 3.86. The molecule has 0 aliphatic rings. The van der Waals surface area contributed by atoms with Crippen molar-refractivity contribution in [3.8, 4) is 0 Å². The first-order chi connectivity index (χ1) is 14.4. The lowest BCUT2D eigenvalue weighted by molar-refractivity contribution is -0.140. The van der Waals surface area contributed by atoms with Gasteiger partial charge < -0.3 is 10.2 Å². The lowest BCUT2D eigenvalue weighted by atomic mass is 10.0. The van der Waals surface area contributed by atoms with E-state index in [1.54, 1.807) is 17.0 Å². The molecule has 2 amide bonds. The molecule has 2 aromatic carbocycles. The highest BCUT2D eigenvalue weighted by molar-refractivity contribution is 6.42. The van der Waals surface area contributed by atoms with Crippen molar-refractivity contribution >= 4 is 35.0 Å². The van der Waals surface area contributed by atoms with Crippen LogP contribution in [0.3, 0.4) is 0 Å². The molecule has 1 unspecified atom stereocenters. The molecule has 162 valence electrons. The molecule has 0 aliphatic heterocycles. The van der Waals surface area contributed by atoms with E-state index in [2.05, 4.69) is 12.2 Å². The highest BCUT2D eigenvalue weighted by atomic mass is 35.5. The zero-order chi connectivity index (χ0) is 22.1. The third-order valence-corrected chi connectivity index (χ3v) is 5.89. The van der Waals surface area contributed by atoms with Crippen LogP contribution in [0.4, 0.5) is 0 Å². The minimum atomic E-state index is -0.548. The number of benzene rings is 2. The van der Waals surface area contributed by atoms with Gasteiger partial charge in [-0.2, -0.15) is 0 Å². The van der Waals surface area contributed by atoms with Crippen LogP contribution in [0, 0.1) is 6.92 Å². The standard InChI is InChI=1S/C24H30Cl2N2O2/c1-4-6-13-27-24(30)22(5-2)28(16-18-11-12-20(25)21(26)14-18)23(29)15-19-10-8-7-9-17(19)3/h7-12,14,22H,4-6,13,15-16H2,1-3H3,(H,27,30). The predicted molar refractivity (Wildman–Crippen MR) is 124 cm³/mol. The summed E-state index contributed by atoms with van der Waals surface area (Å²) in [6.07, 6.45) is 2.67. The molecule has 2 aromatic rings. The summed E-state index contributed by atoms with van der Waals surface area (Å²) in [7, 11) is 0. The van der Waals surface area contributed by atoms with Crippen LogP contribution >= 0.6 is 23.2 Å². The fraction of sp³-hybridized carbons (Fsp3) is 0.417. The summed E-state index contributed by atoms with van der Waals surface area (Å²) < 4.78 is 0. The van der Waals surface area contributed by atoms with Gasteiger partial charge in [-0.05, 0) is 48.6 Å². The molecular formula is C24H30Cl2N2O2. The van der Waals surface area contributed by atoms with Crippen molar-refractivity contribution in [2.75, 3.05) is 6.54 Å². The van der Waals surface area contributed by atoms with E-state index in [-0.39, 0.29) is 18.2 Å². The Kier molecular flexibility index (Phi) is 9.67. The minimum absolute atomic E-state index is 0.0899. The van der Waals surface area contributed by atoms with Gasteiger partial charge in [-0.15, -0.1) is 0 Å². The second kappa shape index (κ2) is 12.0. The third-order valence-electron chi connectivity index (χ3n) is 5.16. The first-order valence-electron chi connectivity index (χ1n) is 10.4. The largest absolute Gasteiger partial charge is 0.354 e. The van der Waals surface area contributed by atoms with Gasteiger partial charge in [-0.1, -0.05) is 73.8 Å². The molecule has 0 spiro atoms. The zero-order valence-corrected chi connectivity index (χ0v) is 19.4. The van der Waals surface area contributed by atoms with E-state index in [0.29, 0.717) is 29.6 Å². The summed E-state index contributed by atoms with van der Waals surface area (Å²) in [4.78, 5) is 27.9. The minimum Gasteiger partial charge on any atom is -0.354 e. The van der Waals surface area contributed by atoms with Crippen LogP contribution in [-0.2, 0) is 22.6 Å². The van der Waals surface area contributed by atoms with Crippen molar-refractivity contribution in [1.29, 1.82) is 0 Å². The predicted octanol–water partition coefficient (Wildman–Crippen LogP) is 5.57. The highest BCUT2D eigenvalue weighted by Crippen LogP contribution is 2.24. The van der Waals surface area contributed by atoms with Gasteiger partial charge in [-0.25, -0.2) is 0 Å². The molecule has 0 saturated carbocycles. The summed E-state index contributed by atoms with van der Waals surface area (Å²) in [6.45, 7) is 6.89. The van der Waals surface area contributed by atoms with E-state index in [1.807, 2.05) is 44.2 Å². The van der Waals surface area contributed by atoms with E-state index in [4.69, 9.17) is 23.2 Å². The van der Waals surface area contributed by atoms with Gasteiger partial charge in [0.25, 0.3) is 0 Å². The van der Waals surface area contributed by atoms with Crippen LogP contribution in [0.15, 0.2) is 42.5 Å². The Morgan fingerprint density at radius 3 is 2.43 bits per heavy atom. The van der Waals surface area contributed by atoms with Crippen LogP contribution in [0.1, 0.15) is 49.8 Å². The topological polar surface area (TPSA) is 49.4 Å². The van der Waals surface area contributed by atoms with Gasteiger partial charge in [0.2, 0.25) is 11.8 Å². The van der Waals surface area contributed by atoms with Crippen LogP contribution in [0.25, 0.3) is 0 Å². The lowest BCUT2D eigenvalue weighted by Gasteiger charge is -2.31.